The maximum Gasteiger partial charge on any atom is 0.240 e. The van der Waals surface area contributed by atoms with Crippen molar-refractivity contribution in [3.63, 3.8) is 0 Å². The third-order valence-corrected chi connectivity index (χ3v) is 4.91. The Morgan fingerprint density at radius 1 is 1.22 bits per heavy atom. The number of rotatable bonds is 6. The second kappa shape index (κ2) is 6.93. The number of sulfonamides is 1. The lowest BCUT2D eigenvalue weighted by molar-refractivity contribution is -0.114. The minimum atomic E-state index is -3.58. The van der Waals surface area contributed by atoms with E-state index in [1.807, 2.05) is 13.8 Å². The highest BCUT2D eigenvalue weighted by molar-refractivity contribution is 7.89. The predicted molar refractivity (Wildman–Crippen MR) is 87.7 cm³/mol. The fourth-order valence-electron chi connectivity index (χ4n) is 2.26. The highest BCUT2D eigenvalue weighted by atomic mass is 32.2. The van der Waals surface area contributed by atoms with Gasteiger partial charge in [0.25, 0.3) is 0 Å². The van der Waals surface area contributed by atoms with Crippen molar-refractivity contribution in [3.8, 4) is 0 Å². The molecule has 1 amide bonds. The number of H-pyrrole nitrogens is 1. The molecule has 0 aliphatic carbocycles. The first-order valence-electron chi connectivity index (χ1n) is 7.17. The van der Waals surface area contributed by atoms with Crippen LogP contribution >= 0.6 is 0 Å². The van der Waals surface area contributed by atoms with Gasteiger partial charge in [0.15, 0.2) is 0 Å². The molecule has 7 nitrogen and oxygen atoms in total. The second-order valence-corrected chi connectivity index (χ2v) is 7.03. The van der Waals surface area contributed by atoms with Gasteiger partial charge in [0.05, 0.1) is 10.6 Å². The highest BCUT2D eigenvalue weighted by Crippen LogP contribution is 2.14. The number of hydrogen-bond donors (Lipinski definition) is 3. The van der Waals surface area contributed by atoms with Gasteiger partial charge in [0.2, 0.25) is 15.9 Å². The van der Waals surface area contributed by atoms with Gasteiger partial charge in [0, 0.05) is 24.8 Å². The number of benzene rings is 1. The first kappa shape index (κ1) is 17.2. The van der Waals surface area contributed by atoms with Crippen LogP contribution in [0.1, 0.15) is 23.9 Å². The molecule has 0 aliphatic rings. The molecule has 0 unspecified atom stereocenters. The third kappa shape index (κ3) is 4.40. The monoisotopic (exact) mass is 336 g/mol. The van der Waals surface area contributed by atoms with E-state index in [4.69, 9.17) is 0 Å². The molecule has 0 spiro atoms. The number of carbonyl (C=O) groups excluding carboxylic acids is 1. The van der Waals surface area contributed by atoms with Crippen LogP contribution in [0.4, 0.5) is 5.69 Å². The van der Waals surface area contributed by atoms with Gasteiger partial charge < -0.3 is 5.32 Å². The van der Waals surface area contributed by atoms with Gasteiger partial charge in [-0.15, -0.1) is 0 Å². The smallest absolute Gasteiger partial charge is 0.240 e. The SMILES string of the molecule is CC(=O)Nc1ccc(S(=O)(=O)NCCc2c(C)n[nH]c2C)cc1. The number of carbonyl (C=O) groups is 1. The Morgan fingerprint density at radius 2 is 1.87 bits per heavy atom. The van der Waals surface area contributed by atoms with Gasteiger partial charge in [0.1, 0.15) is 0 Å². The molecule has 2 aromatic rings. The van der Waals surface area contributed by atoms with Crippen molar-refractivity contribution in [1.82, 2.24) is 14.9 Å². The summed E-state index contributed by atoms with van der Waals surface area (Å²) in [6.07, 6.45) is 0.567. The molecule has 3 N–H and O–H groups in total. The molecular formula is C15H20N4O3S. The maximum atomic E-state index is 12.2. The maximum absolute atomic E-state index is 12.2. The Kier molecular flexibility index (Phi) is 5.17. The zero-order valence-electron chi connectivity index (χ0n) is 13.3. The number of anilines is 1. The summed E-state index contributed by atoms with van der Waals surface area (Å²) in [6.45, 7) is 5.47. The van der Waals surface area contributed by atoms with Crippen LogP contribution in [0.15, 0.2) is 29.2 Å². The summed E-state index contributed by atoms with van der Waals surface area (Å²) in [5, 5.41) is 9.56. The lowest BCUT2D eigenvalue weighted by Crippen LogP contribution is -2.26. The Bertz CT molecular complexity index is 775. The van der Waals surface area contributed by atoms with Crippen molar-refractivity contribution in [2.75, 3.05) is 11.9 Å². The molecule has 2 rings (SSSR count). The fraction of sp³-hybridized carbons (Fsp3) is 0.333. The normalized spacial score (nSPS) is 11.4. The molecule has 1 heterocycles. The van der Waals surface area contributed by atoms with Crippen molar-refractivity contribution >= 4 is 21.6 Å². The third-order valence-electron chi connectivity index (χ3n) is 3.43. The van der Waals surface area contributed by atoms with Gasteiger partial charge in [-0.2, -0.15) is 5.10 Å². The van der Waals surface area contributed by atoms with Crippen molar-refractivity contribution in [3.05, 3.63) is 41.2 Å². The number of amides is 1. The average Bonchev–Trinajstić information content (AvgIpc) is 2.79. The van der Waals surface area contributed by atoms with Crippen LogP contribution in [-0.4, -0.2) is 31.1 Å². The largest absolute Gasteiger partial charge is 0.326 e. The lowest BCUT2D eigenvalue weighted by atomic mass is 10.1. The highest BCUT2D eigenvalue weighted by Gasteiger charge is 2.14. The molecule has 0 fully saturated rings. The van der Waals surface area contributed by atoms with E-state index in [1.54, 1.807) is 12.1 Å². The van der Waals surface area contributed by atoms with Crippen LogP contribution in [0.3, 0.4) is 0 Å². The quantitative estimate of drug-likeness (QED) is 0.743. The molecular weight excluding hydrogens is 316 g/mol. The fourth-order valence-corrected chi connectivity index (χ4v) is 3.29. The molecule has 0 bridgehead atoms. The molecule has 1 aromatic carbocycles. The van der Waals surface area contributed by atoms with Crippen molar-refractivity contribution < 1.29 is 13.2 Å². The summed E-state index contributed by atoms with van der Waals surface area (Å²) in [5.74, 6) is -0.204. The number of nitrogens with zero attached hydrogens (tertiary/aromatic N) is 1. The molecule has 124 valence electrons. The van der Waals surface area contributed by atoms with E-state index >= 15 is 0 Å². The summed E-state index contributed by atoms with van der Waals surface area (Å²) in [7, 11) is -3.58. The molecule has 0 saturated carbocycles. The topological polar surface area (TPSA) is 104 Å². The minimum Gasteiger partial charge on any atom is -0.326 e. The van der Waals surface area contributed by atoms with Crippen LogP contribution in [0.25, 0.3) is 0 Å². The number of aryl methyl sites for hydroxylation is 2. The van der Waals surface area contributed by atoms with Gasteiger partial charge in [-0.25, -0.2) is 13.1 Å². The summed E-state index contributed by atoms with van der Waals surface area (Å²) in [5.41, 5.74) is 3.40. The van der Waals surface area contributed by atoms with Crippen LogP contribution in [0, 0.1) is 13.8 Å². The van der Waals surface area contributed by atoms with Crippen molar-refractivity contribution in [1.29, 1.82) is 0 Å². The summed E-state index contributed by atoms with van der Waals surface area (Å²) < 4.78 is 27.1. The van der Waals surface area contributed by atoms with Crippen molar-refractivity contribution in [2.45, 2.75) is 32.1 Å². The molecule has 0 saturated heterocycles. The van der Waals surface area contributed by atoms with E-state index < -0.39 is 10.0 Å². The van der Waals surface area contributed by atoms with E-state index in [9.17, 15) is 13.2 Å². The zero-order chi connectivity index (χ0) is 17.0. The van der Waals surface area contributed by atoms with Crippen LogP contribution < -0.4 is 10.0 Å². The molecule has 0 atom stereocenters. The predicted octanol–water partition coefficient (Wildman–Crippen LogP) is 1.51. The van der Waals surface area contributed by atoms with Crippen molar-refractivity contribution in [2.24, 2.45) is 0 Å². The molecule has 8 heteroatoms. The number of nitrogens with one attached hydrogen (secondary N) is 3. The Hall–Kier alpha value is -2.19. The lowest BCUT2D eigenvalue weighted by Gasteiger charge is -2.08. The number of hydrogen-bond acceptors (Lipinski definition) is 4. The van der Waals surface area contributed by atoms with Crippen LogP contribution in [0.5, 0.6) is 0 Å². The number of aromatic amines is 1. The van der Waals surface area contributed by atoms with E-state index in [2.05, 4.69) is 20.2 Å². The van der Waals surface area contributed by atoms with E-state index in [0.717, 1.165) is 17.0 Å². The Labute approximate surface area is 135 Å². The molecule has 23 heavy (non-hydrogen) atoms. The van der Waals surface area contributed by atoms with Crippen LogP contribution in [0.2, 0.25) is 0 Å². The number of aromatic nitrogens is 2. The molecule has 0 aliphatic heterocycles. The van der Waals surface area contributed by atoms with Gasteiger partial charge >= 0.3 is 0 Å². The first-order valence-corrected chi connectivity index (χ1v) is 8.65. The Morgan fingerprint density at radius 3 is 2.39 bits per heavy atom. The van der Waals surface area contributed by atoms with Gasteiger partial charge in [-0.1, -0.05) is 0 Å². The zero-order valence-corrected chi connectivity index (χ0v) is 14.1. The summed E-state index contributed by atoms with van der Waals surface area (Å²) in [4.78, 5) is 11.1. The minimum absolute atomic E-state index is 0.159. The van der Waals surface area contributed by atoms with E-state index in [-0.39, 0.29) is 17.3 Å². The molecule has 1 aromatic heterocycles. The van der Waals surface area contributed by atoms with E-state index in [0.29, 0.717) is 12.1 Å². The first-order chi connectivity index (χ1) is 10.8. The summed E-state index contributed by atoms with van der Waals surface area (Å²) >= 11 is 0. The van der Waals surface area contributed by atoms with E-state index in [1.165, 1.54) is 19.1 Å². The second-order valence-electron chi connectivity index (χ2n) is 5.27. The van der Waals surface area contributed by atoms with Gasteiger partial charge in [-0.05, 0) is 50.1 Å². The summed E-state index contributed by atoms with van der Waals surface area (Å²) in [6, 6.07) is 6.03. The standard InChI is InChI=1S/C15H20N4O3S/c1-10-15(11(2)19-18-10)8-9-16-23(21,22)14-6-4-13(5-7-14)17-12(3)20/h4-7,16H,8-9H2,1-3H3,(H,17,20)(H,18,19). The average molecular weight is 336 g/mol. The van der Waals surface area contributed by atoms with Crippen LogP contribution in [-0.2, 0) is 21.2 Å². The molecule has 0 radical (unpaired) electrons. The Balaban J connectivity index is 2.00. The van der Waals surface area contributed by atoms with Gasteiger partial charge in [-0.3, -0.25) is 9.89 Å².